The number of halogens is 1. The van der Waals surface area contributed by atoms with Gasteiger partial charge in [-0.2, -0.15) is 0 Å². The lowest BCUT2D eigenvalue weighted by Crippen LogP contribution is -2.43. The zero-order valence-corrected chi connectivity index (χ0v) is 23.0. The van der Waals surface area contributed by atoms with E-state index in [1.165, 1.54) is 0 Å². The molecular formula is C26H26BrN3O7S. The van der Waals surface area contributed by atoms with Crippen molar-refractivity contribution in [3.63, 3.8) is 0 Å². The lowest BCUT2D eigenvalue weighted by Gasteiger charge is -2.26. The summed E-state index contributed by atoms with van der Waals surface area (Å²) in [6.07, 6.45) is 1.56. The van der Waals surface area contributed by atoms with Gasteiger partial charge in [-0.1, -0.05) is 22.0 Å². The zero-order valence-electron chi connectivity index (χ0n) is 20.6. The third kappa shape index (κ3) is 7.15. The van der Waals surface area contributed by atoms with Crippen LogP contribution in [0.4, 0.5) is 10.5 Å². The van der Waals surface area contributed by atoms with Gasteiger partial charge in [0.1, 0.15) is 6.54 Å². The number of nitrogens with one attached hydrogen (secondary N) is 1. The molecule has 0 aliphatic carbocycles. The second-order valence-corrected chi connectivity index (χ2v) is 10.2. The van der Waals surface area contributed by atoms with E-state index in [4.69, 9.17) is 14.2 Å². The normalized spacial score (nSPS) is 16.6. The van der Waals surface area contributed by atoms with Crippen LogP contribution in [0, 0.1) is 0 Å². The van der Waals surface area contributed by atoms with Gasteiger partial charge >= 0.3 is 0 Å². The Balaban J connectivity index is 1.40. The average Bonchev–Trinajstić information content (AvgIpc) is 3.17. The minimum atomic E-state index is -0.555. The second-order valence-electron chi connectivity index (χ2n) is 8.24. The smallest absolute Gasteiger partial charge is 0.294 e. The Morgan fingerprint density at radius 2 is 1.82 bits per heavy atom. The van der Waals surface area contributed by atoms with Gasteiger partial charge in [0.2, 0.25) is 5.91 Å². The maximum absolute atomic E-state index is 12.9. The lowest BCUT2D eigenvalue weighted by molar-refractivity contribution is -0.137. The number of thioether (sulfide) groups is 1. The summed E-state index contributed by atoms with van der Waals surface area (Å²) in [5, 5.41) is 2.14. The van der Waals surface area contributed by atoms with Gasteiger partial charge in [-0.15, -0.1) is 0 Å². The molecule has 0 spiro atoms. The first-order chi connectivity index (χ1) is 18.3. The van der Waals surface area contributed by atoms with Gasteiger partial charge in [-0.25, -0.2) is 0 Å². The maximum atomic E-state index is 12.9. The molecule has 0 atom stereocenters. The van der Waals surface area contributed by atoms with E-state index in [0.717, 1.165) is 21.1 Å². The third-order valence-corrected chi connectivity index (χ3v) is 7.02. The Morgan fingerprint density at radius 1 is 1.08 bits per heavy atom. The number of hydrogen-bond acceptors (Lipinski definition) is 8. The van der Waals surface area contributed by atoms with Crippen molar-refractivity contribution in [3.05, 3.63) is 57.4 Å². The highest BCUT2D eigenvalue weighted by Crippen LogP contribution is 2.34. The van der Waals surface area contributed by atoms with Crippen LogP contribution in [0.3, 0.4) is 0 Å². The molecule has 2 aliphatic rings. The van der Waals surface area contributed by atoms with Gasteiger partial charge in [0.05, 0.1) is 24.7 Å². The third-order valence-electron chi connectivity index (χ3n) is 5.58. The summed E-state index contributed by atoms with van der Waals surface area (Å²) in [6.45, 7) is 3.71. The molecule has 0 aromatic heterocycles. The molecule has 2 saturated heterocycles. The molecule has 2 fully saturated rings. The molecule has 4 rings (SSSR count). The summed E-state index contributed by atoms with van der Waals surface area (Å²) < 4.78 is 17.5. The van der Waals surface area contributed by atoms with E-state index < -0.39 is 23.6 Å². The second kappa shape index (κ2) is 12.9. The van der Waals surface area contributed by atoms with Crippen LogP contribution in [-0.4, -0.2) is 78.8 Å². The number of amides is 4. The molecule has 0 bridgehead atoms. The van der Waals surface area contributed by atoms with Gasteiger partial charge < -0.3 is 24.4 Å². The molecule has 0 radical (unpaired) electrons. The van der Waals surface area contributed by atoms with Gasteiger partial charge in [-0.3, -0.25) is 24.1 Å². The van der Waals surface area contributed by atoms with Crippen LogP contribution in [0.2, 0.25) is 0 Å². The fraction of sp³-hybridized carbons (Fsp3) is 0.308. The number of carbonyl (C=O) groups is 4. The lowest BCUT2D eigenvalue weighted by atomic mass is 10.2. The van der Waals surface area contributed by atoms with Gasteiger partial charge in [0.15, 0.2) is 18.1 Å². The fourth-order valence-electron chi connectivity index (χ4n) is 3.71. The highest BCUT2D eigenvalue weighted by Gasteiger charge is 2.36. The van der Waals surface area contributed by atoms with Crippen molar-refractivity contribution in [1.82, 2.24) is 9.80 Å². The summed E-state index contributed by atoms with van der Waals surface area (Å²) in [4.78, 5) is 53.0. The van der Waals surface area contributed by atoms with Crippen LogP contribution in [0.25, 0.3) is 6.08 Å². The molecule has 0 unspecified atom stereocenters. The van der Waals surface area contributed by atoms with E-state index in [2.05, 4.69) is 21.2 Å². The molecule has 200 valence electrons. The van der Waals surface area contributed by atoms with Crippen molar-refractivity contribution in [2.45, 2.75) is 6.92 Å². The number of anilines is 1. The number of hydrogen-bond donors (Lipinski definition) is 1. The predicted molar refractivity (Wildman–Crippen MR) is 146 cm³/mol. The Morgan fingerprint density at radius 3 is 2.53 bits per heavy atom. The van der Waals surface area contributed by atoms with Crippen molar-refractivity contribution >= 4 is 62.4 Å². The molecule has 10 nitrogen and oxygen atoms in total. The van der Waals surface area contributed by atoms with E-state index in [1.54, 1.807) is 53.4 Å². The molecule has 1 N–H and O–H groups in total. The van der Waals surface area contributed by atoms with Crippen LogP contribution >= 0.6 is 27.7 Å². The van der Waals surface area contributed by atoms with E-state index in [1.807, 2.05) is 6.92 Å². The Bertz CT molecular complexity index is 1250. The first kappa shape index (κ1) is 27.7. The SMILES string of the molecule is CCOc1cc(/C=C2\SC(=O)N(CC(=O)Nc3ccc(Br)cc3)C2=O)ccc1OCC(=O)N1CCOCC1. The first-order valence-corrected chi connectivity index (χ1v) is 13.5. The maximum Gasteiger partial charge on any atom is 0.294 e. The number of imide groups is 1. The Labute approximate surface area is 232 Å². The Hall–Kier alpha value is -3.35. The summed E-state index contributed by atoms with van der Waals surface area (Å²) in [5.74, 6) is -0.381. The minimum absolute atomic E-state index is 0.138. The minimum Gasteiger partial charge on any atom is -0.490 e. The van der Waals surface area contributed by atoms with E-state index in [9.17, 15) is 19.2 Å². The molecule has 4 amide bonds. The fourth-order valence-corrected chi connectivity index (χ4v) is 4.81. The largest absolute Gasteiger partial charge is 0.490 e. The number of morpholine rings is 1. The molecule has 38 heavy (non-hydrogen) atoms. The summed E-state index contributed by atoms with van der Waals surface area (Å²) >= 11 is 4.08. The van der Waals surface area contributed by atoms with Crippen molar-refractivity contribution in [2.75, 3.05) is 51.4 Å². The van der Waals surface area contributed by atoms with E-state index in [-0.39, 0.29) is 17.4 Å². The van der Waals surface area contributed by atoms with Gasteiger partial charge in [0, 0.05) is 23.2 Å². The molecule has 2 aromatic carbocycles. The number of benzene rings is 2. The number of rotatable bonds is 9. The number of ether oxygens (including phenoxy) is 3. The summed E-state index contributed by atoms with van der Waals surface area (Å²) in [5.41, 5.74) is 1.16. The summed E-state index contributed by atoms with van der Waals surface area (Å²) in [7, 11) is 0. The predicted octanol–water partition coefficient (Wildman–Crippen LogP) is 3.76. The van der Waals surface area contributed by atoms with Crippen molar-refractivity contribution in [1.29, 1.82) is 0 Å². The van der Waals surface area contributed by atoms with E-state index >= 15 is 0 Å². The van der Waals surface area contributed by atoms with Crippen LogP contribution in [-0.2, 0) is 19.1 Å². The van der Waals surface area contributed by atoms with Crippen LogP contribution < -0.4 is 14.8 Å². The topological polar surface area (TPSA) is 114 Å². The molecule has 0 saturated carbocycles. The molecule has 2 aromatic rings. The molecule has 2 heterocycles. The molecule has 2 aliphatic heterocycles. The van der Waals surface area contributed by atoms with Crippen LogP contribution in [0.15, 0.2) is 51.8 Å². The van der Waals surface area contributed by atoms with Crippen LogP contribution in [0.5, 0.6) is 11.5 Å². The monoisotopic (exact) mass is 603 g/mol. The Kier molecular flexibility index (Phi) is 9.43. The zero-order chi connectivity index (χ0) is 27.1. The number of carbonyl (C=O) groups excluding carboxylic acids is 4. The van der Waals surface area contributed by atoms with Gasteiger partial charge in [0.25, 0.3) is 17.1 Å². The quantitative estimate of drug-likeness (QED) is 0.431. The molecule has 12 heteroatoms. The van der Waals surface area contributed by atoms with E-state index in [0.29, 0.717) is 55.7 Å². The highest BCUT2D eigenvalue weighted by molar-refractivity contribution is 9.10. The first-order valence-electron chi connectivity index (χ1n) is 11.9. The van der Waals surface area contributed by atoms with Crippen LogP contribution in [0.1, 0.15) is 12.5 Å². The van der Waals surface area contributed by atoms with Crippen molar-refractivity contribution < 1.29 is 33.4 Å². The highest BCUT2D eigenvalue weighted by atomic mass is 79.9. The van der Waals surface area contributed by atoms with Crippen molar-refractivity contribution in [3.8, 4) is 11.5 Å². The average molecular weight is 604 g/mol. The standard InChI is InChI=1S/C26H26BrN3O7S/c1-2-36-21-13-17(3-8-20(21)37-16-24(32)29-9-11-35-12-10-29)14-22-25(33)30(26(34)38-22)15-23(31)28-19-6-4-18(27)5-7-19/h3-8,13-14H,2,9-12,15-16H2,1H3,(H,28,31)/b22-14-. The van der Waals surface area contributed by atoms with Crippen molar-refractivity contribution in [2.24, 2.45) is 0 Å². The summed E-state index contributed by atoms with van der Waals surface area (Å²) in [6, 6.07) is 12.0. The van der Waals surface area contributed by atoms with Gasteiger partial charge in [-0.05, 0) is 66.7 Å². The number of nitrogens with zero attached hydrogens (tertiary/aromatic N) is 2. The molecular weight excluding hydrogens is 578 g/mol.